The van der Waals surface area contributed by atoms with Crippen molar-refractivity contribution in [2.24, 2.45) is 5.92 Å². The van der Waals surface area contributed by atoms with Crippen molar-refractivity contribution in [3.8, 4) is 11.5 Å². The van der Waals surface area contributed by atoms with E-state index >= 15 is 0 Å². The van der Waals surface area contributed by atoms with Gasteiger partial charge in [-0.1, -0.05) is 0 Å². The van der Waals surface area contributed by atoms with Crippen LogP contribution in [0.25, 0.3) is 0 Å². The molecule has 1 amide bonds. The van der Waals surface area contributed by atoms with Crippen molar-refractivity contribution in [3.63, 3.8) is 0 Å². The summed E-state index contributed by atoms with van der Waals surface area (Å²) in [5.41, 5.74) is 0.876. The van der Waals surface area contributed by atoms with Crippen molar-refractivity contribution < 1.29 is 28.5 Å². The number of ether oxygens (including phenoxy) is 4. The number of carbonyl (C=O) groups is 2. The standard InChI is InChI=1S/C19H24N2O6/c1-12(22)14-8-16-17(27-11-26-16)9-15(14)20-18(23)10-21-4-2-13(3-5-21)19-24-6-7-25-19/h8-9,13,19H,2-7,10-11H2,1H3,(H,20,23). The Morgan fingerprint density at radius 3 is 2.44 bits per heavy atom. The van der Waals surface area contributed by atoms with E-state index in [1.165, 1.54) is 6.92 Å². The van der Waals surface area contributed by atoms with Gasteiger partial charge in [0, 0.05) is 17.5 Å². The fourth-order valence-corrected chi connectivity index (χ4v) is 3.76. The Morgan fingerprint density at radius 2 is 1.78 bits per heavy atom. The van der Waals surface area contributed by atoms with Crippen molar-refractivity contribution in [3.05, 3.63) is 17.7 Å². The molecule has 0 aromatic heterocycles. The minimum absolute atomic E-state index is 0.0901. The van der Waals surface area contributed by atoms with Gasteiger partial charge in [0.15, 0.2) is 23.6 Å². The average molecular weight is 376 g/mol. The van der Waals surface area contributed by atoms with E-state index < -0.39 is 0 Å². The average Bonchev–Trinajstić information content (AvgIpc) is 3.33. The predicted molar refractivity (Wildman–Crippen MR) is 96.1 cm³/mol. The van der Waals surface area contributed by atoms with Gasteiger partial charge in [0.2, 0.25) is 12.7 Å². The first-order valence-corrected chi connectivity index (χ1v) is 9.30. The zero-order valence-electron chi connectivity index (χ0n) is 15.4. The van der Waals surface area contributed by atoms with Crippen LogP contribution < -0.4 is 14.8 Å². The lowest BCUT2D eigenvalue weighted by atomic mass is 9.96. The summed E-state index contributed by atoms with van der Waals surface area (Å²) in [6, 6.07) is 3.27. The van der Waals surface area contributed by atoms with Crippen LogP contribution in [-0.4, -0.2) is 62.5 Å². The minimum Gasteiger partial charge on any atom is -0.454 e. The van der Waals surface area contributed by atoms with Crippen LogP contribution in [0.3, 0.4) is 0 Å². The topological polar surface area (TPSA) is 86.3 Å². The third-order valence-electron chi connectivity index (χ3n) is 5.20. The number of benzene rings is 1. The maximum atomic E-state index is 12.5. The molecule has 2 fully saturated rings. The zero-order chi connectivity index (χ0) is 18.8. The molecule has 0 radical (unpaired) electrons. The summed E-state index contributed by atoms with van der Waals surface area (Å²) in [5, 5.41) is 2.85. The summed E-state index contributed by atoms with van der Waals surface area (Å²) in [7, 11) is 0. The van der Waals surface area contributed by atoms with Crippen molar-refractivity contribution in [1.29, 1.82) is 0 Å². The van der Waals surface area contributed by atoms with Gasteiger partial charge in [-0.25, -0.2) is 0 Å². The molecule has 0 aliphatic carbocycles. The second-order valence-corrected chi connectivity index (χ2v) is 7.08. The fraction of sp³-hybridized carbons (Fsp3) is 0.579. The largest absolute Gasteiger partial charge is 0.454 e. The molecule has 8 nitrogen and oxygen atoms in total. The molecule has 0 atom stereocenters. The van der Waals surface area contributed by atoms with Crippen LogP contribution in [0.1, 0.15) is 30.1 Å². The van der Waals surface area contributed by atoms with Crippen LogP contribution in [0.2, 0.25) is 0 Å². The van der Waals surface area contributed by atoms with Crippen LogP contribution in [-0.2, 0) is 14.3 Å². The van der Waals surface area contributed by atoms with Crippen molar-refractivity contribution in [2.75, 3.05) is 45.0 Å². The van der Waals surface area contributed by atoms with Crippen molar-refractivity contribution >= 4 is 17.4 Å². The van der Waals surface area contributed by atoms with Gasteiger partial charge in [-0.3, -0.25) is 14.5 Å². The lowest BCUT2D eigenvalue weighted by Gasteiger charge is -2.33. The Balaban J connectivity index is 1.34. The molecule has 0 bridgehead atoms. The van der Waals surface area contributed by atoms with E-state index in [4.69, 9.17) is 18.9 Å². The molecule has 3 heterocycles. The first-order chi connectivity index (χ1) is 13.1. The molecule has 8 heteroatoms. The lowest BCUT2D eigenvalue weighted by Crippen LogP contribution is -2.41. The molecule has 27 heavy (non-hydrogen) atoms. The molecule has 0 saturated carbocycles. The highest BCUT2D eigenvalue weighted by Crippen LogP contribution is 2.37. The maximum absolute atomic E-state index is 12.5. The summed E-state index contributed by atoms with van der Waals surface area (Å²) < 4.78 is 21.8. The first-order valence-electron chi connectivity index (χ1n) is 9.30. The quantitative estimate of drug-likeness (QED) is 0.782. The third kappa shape index (κ3) is 4.07. The van der Waals surface area contributed by atoms with Gasteiger partial charge in [-0.05, 0) is 38.9 Å². The number of nitrogens with one attached hydrogen (secondary N) is 1. The molecule has 4 rings (SSSR count). The number of carbonyl (C=O) groups excluding carboxylic acids is 2. The molecule has 3 aliphatic rings. The van der Waals surface area contributed by atoms with E-state index in [0.717, 1.165) is 25.9 Å². The van der Waals surface area contributed by atoms with Crippen LogP contribution >= 0.6 is 0 Å². The van der Waals surface area contributed by atoms with Gasteiger partial charge in [0.1, 0.15) is 0 Å². The Morgan fingerprint density at radius 1 is 1.11 bits per heavy atom. The number of fused-ring (bicyclic) bond motifs is 1. The summed E-state index contributed by atoms with van der Waals surface area (Å²) in [5.74, 6) is 1.17. The number of hydrogen-bond donors (Lipinski definition) is 1. The van der Waals surface area contributed by atoms with Gasteiger partial charge in [0.25, 0.3) is 0 Å². The number of hydrogen-bond acceptors (Lipinski definition) is 7. The molecule has 1 aromatic carbocycles. The monoisotopic (exact) mass is 376 g/mol. The van der Waals surface area contributed by atoms with Crippen molar-refractivity contribution in [2.45, 2.75) is 26.1 Å². The van der Waals surface area contributed by atoms with E-state index in [9.17, 15) is 9.59 Å². The second kappa shape index (κ2) is 7.84. The molecule has 0 unspecified atom stereocenters. The highest BCUT2D eigenvalue weighted by Gasteiger charge is 2.31. The molecule has 1 N–H and O–H groups in total. The number of Topliss-reactive ketones (excluding diaryl/α,β-unsaturated/α-hetero) is 1. The molecule has 0 spiro atoms. The van der Waals surface area contributed by atoms with Crippen LogP contribution in [0.4, 0.5) is 5.69 Å². The summed E-state index contributed by atoms with van der Waals surface area (Å²) >= 11 is 0. The van der Waals surface area contributed by atoms with Crippen LogP contribution in [0.15, 0.2) is 12.1 Å². The first kappa shape index (κ1) is 18.2. The van der Waals surface area contributed by atoms with Crippen LogP contribution in [0.5, 0.6) is 11.5 Å². The number of nitrogens with zero attached hydrogens (tertiary/aromatic N) is 1. The SMILES string of the molecule is CC(=O)c1cc2c(cc1NC(=O)CN1CCC(C3OCCO3)CC1)OCO2. The summed E-state index contributed by atoms with van der Waals surface area (Å²) in [4.78, 5) is 26.5. The fourth-order valence-electron chi connectivity index (χ4n) is 3.76. The minimum atomic E-state index is -0.150. The number of rotatable bonds is 5. The van der Waals surface area contributed by atoms with E-state index in [1.807, 2.05) is 0 Å². The van der Waals surface area contributed by atoms with Gasteiger partial charge in [-0.15, -0.1) is 0 Å². The second-order valence-electron chi connectivity index (χ2n) is 7.08. The number of piperidine rings is 1. The lowest BCUT2D eigenvalue weighted by molar-refractivity contribution is -0.119. The molecule has 1 aromatic rings. The van der Waals surface area contributed by atoms with E-state index in [0.29, 0.717) is 41.9 Å². The normalized spacial score (nSPS) is 20.8. The smallest absolute Gasteiger partial charge is 0.238 e. The van der Waals surface area contributed by atoms with Crippen molar-refractivity contribution in [1.82, 2.24) is 4.90 Å². The predicted octanol–water partition coefficient (Wildman–Crippen LogP) is 1.64. The van der Waals surface area contributed by atoms with E-state index in [2.05, 4.69) is 10.2 Å². The number of anilines is 1. The maximum Gasteiger partial charge on any atom is 0.238 e. The third-order valence-corrected chi connectivity index (χ3v) is 5.20. The van der Waals surface area contributed by atoms with Gasteiger partial charge >= 0.3 is 0 Å². The zero-order valence-corrected chi connectivity index (χ0v) is 15.4. The highest BCUT2D eigenvalue weighted by atomic mass is 16.7. The number of likely N-dealkylation sites (tertiary alicyclic amines) is 1. The molecule has 3 aliphatic heterocycles. The Labute approximate surface area is 157 Å². The van der Waals surface area contributed by atoms with Crippen LogP contribution in [0, 0.1) is 5.92 Å². The molecule has 2 saturated heterocycles. The summed E-state index contributed by atoms with van der Waals surface area (Å²) in [6.45, 7) is 4.84. The molecular formula is C19H24N2O6. The number of ketones is 1. The van der Waals surface area contributed by atoms with E-state index in [-0.39, 0.29) is 31.3 Å². The highest BCUT2D eigenvalue weighted by molar-refractivity contribution is 6.05. The van der Waals surface area contributed by atoms with Gasteiger partial charge in [-0.2, -0.15) is 0 Å². The molecule has 146 valence electrons. The van der Waals surface area contributed by atoms with E-state index in [1.54, 1.807) is 12.1 Å². The molecular weight excluding hydrogens is 352 g/mol. The Bertz CT molecular complexity index is 723. The Kier molecular flexibility index (Phi) is 5.29. The summed E-state index contributed by atoms with van der Waals surface area (Å²) in [6.07, 6.45) is 1.80. The number of amides is 1. The Hall–Kier alpha value is -2.16. The van der Waals surface area contributed by atoms with Gasteiger partial charge < -0.3 is 24.3 Å². The van der Waals surface area contributed by atoms with Gasteiger partial charge in [0.05, 0.1) is 25.4 Å².